The lowest BCUT2D eigenvalue weighted by atomic mass is 10.2. The zero-order valence-corrected chi connectivity index (χ0v) is 10.8. The Morgan fingerprint density at radius 2 is 1.89 bits per heavy atom. The zero-order valence-electron chi connectivity index (χ0n) is 10.8. The van der Waals surface area contributed by atoms with Crippen molar-refractivity contribution in [1.29, 1.82) is 0 Å². The van der Waals surface area contributed by atoms with E-state index < -0.39 is 11.6 Å². The SMILES string of the molecule is CC(C)C(=O)NCCC(=O)Nc1ccc(F)c(F)c1. The van der Waals surface area contributed by atoms with E-state index in [0.29, 0.717) is 0 Å². The smallest absolute Gasteiger partial charge is 0.226 e. The summed E-state index contributed by atoms with van der Waals surface area (Å²) in [4.78, 5) is 22.7. The summed E-state index contributed by atoms with van der Waals surface area (Å²) < 4.78 is 25.6. The molecule has 0 saturated carbocycles. The molecule has 4 nitrogen and oxygen atoms in total. The number of carbonyl (C=O) groups is 2. The summed E-state index contributed by atoms with van der Waals surface area (Å²) >= 11 is 0. The van der Waals surface area contributed by atoms with Crippen molar-refractivity contribution < 1.29 is 18.4 Å². The average Bonchev–Trinajstić information content (AvgIpc) is 2.33. The number of benzene rings is 1. The van der Waals surface area contributed by atoms with Crippen LogP contribution in [0.15, 0.2) is 18.2 Å². The topological polar surface area (TPSA) is 58.2 Å². The Bertz CT molecular complexity index is 476. The van der Waals surface area contributed by atoms with Crippen LogP contribution in [-0.4, -0.2) is 18.4 Å². The molecule has 0 heterocycles. The van der Waals surface area contributed by atoms with Crippen LogP contribution in [0.2, 0.25) is 0 Å². The van der Waals surface area contributed by atoms with Gasteiger partial charge in [0.2, 0.25) is 11.8 Å². The summed E-state index contributed by atoms with van der Waals surface area (Å²) in [6.07, 6.45) is 0.0669. The molecule has 0 aliphatic rings. The minimum absolute atomic E-state index is 0.0669. The summed E-state index contributed by atoms with van der Waals surface area (Å²) in [5.41, 5.74) is 0.180. The molecule has 2 N–H and O–H groups in total. The number of halogens is 2. The average molecular weight is 270 g/mol. The van der Waals surface area contributed by atoms with Crippen LogP contribution in [0.1, 0.15) is 20.3 Å². The number of amides is 2. The lowest BCUT2D eigenvalue weighted by molar-refractivity contribution is -0.124. The fraction of sp³-hybridized carbons (Fsp3) is 0.385. The highest BCUT2D eigenvalue weighted by Crippen LogP contribution is 2.13. The molecule has 0 saturated heterocycles. The fourth-order valence-electron chi connectivity index (χ4n) is 1.30. The van der Waals surface area contributed by atoms with Crippen molar-refractivity contribution in [3.8, 4) is 0 Å². The third-order valence-corrected chi connectivity index (χ3v) is 2.38. The Morgan fingerprint density at radius 3 is 2.47 bits per heavy atom. The molecule has 104 valence electrons. The molecule has 19 heavy (non-hydrogen) atoms. The second-order valence-corrected chi connectivity index (χ2v) is 4.37. The van der Waals surface area contributed by atoms with Crippen LogP contribution >= 0.6 is 0 Å². The first-order chi connectivity index (χ1) is 8.90. The highest BCUT2D eigenvalue weighted by molar-refractivity contribution is 5.91. The van der Waals surface area contributed by atoms with Crippen molar-refractivity contribution in [2.24, 2.45) is 5.92 Å². The van der Waals surface area contributed by atoms with E-state index in [1.165, 1.54) is 6.07 Å². The van der Waals surface area contributed by atoms with Gasteiger partial charge in [0, 0.05) is 30.6 Å². The van der Waals surface area contributed by atoms with Crippen LogP contribution in [0.25, 0.3) is 0 Å². The first-order valence-corrected chi connectivity index (χ1v) is 5.92. The molecule has 0 spiro atoms. The molecule has 1 rings (SSSR count). The maximum Gasteiger partial charge on any atom is 0.226 e. The molecule has 0 bridgehead atoms. The highest BCUT2D eigenvalue weighted by Gasteiger charge is 2.08. The van der Waals surface area contributed by atoms with Gasteiger partial charge in [0.25, 0.3) is 0 Å². The van der Waals surface area contributed by atoms with Crippen LogP contribution in [0.4, 0.5) is 14.5 Å². The Balaban J connectivity index is 2.39. The molecule has 0 aromatic heterocycles. The largest absolute Gasteiger partial charge is 0.355 e. The van der Waals surface area contributed by atoms with Crippen LogP contribution in [-0.2, 0) is 9.59 Å². The van der Waals surface area contributed by atoms with Gasteiger partial charge in [-0.1, -0.05) is 13.8 Å². The van der Waals surface area contributed by atoms with Crippen molar-refractivity contribution in [3.05, 3.63) is 29.8 Å². The second kappa shape index (κ2) is 6.82. The quantitative estimate of drug-likeness (QED) is 0.860. The van der Waals surface area contributed by atoms with E-state index in [0.717, 1.165) is 12.1 Å². The Hall–Kier alpha value is -1.98. The van der Waals surface area contributed by atoms with Crippen molar-refractivity contribution in [2.45, 2.75) is 20.3 Å². The Labute approximate surface area is 110 Å². The first kappa shape index (κ1) is 15.1. The van der Waals surface area contributed by atoms with E-state index in [-0.39, 0.29) is 36.4 Å². The maximum absolute atomic E-state index is 12.9. The molecule has 0 aliphatic carbocycles. The maximum atomic E-state index is 12.9. The van der Waals surface area contributed by atoms with Crippen molar-refractivity contribution in [1.82, 2.24) is 5.32 Å². The summed E-state index contributed by atoms with van der Waals surface area (Å²) in [6, 6.07) is 3.11. The normalized spacial score (nSPS) is 10.4. The lowest BCUT2D eigenvalue weighted by Gasteiger charge is -2.08. The fourth-order valence-corrected chi connectivity index (χ4v) is 1.30. The molecule has 2 amide bonds. The van der Waals surface area contributed by atoms with Crippen LogP contribution in [0, 0.1) is 17.6 Å². The van der Waals surface area contributed by atoms with Gasteiger partial charge in [-0.15, -0.1) is 0 Å². The van der Waals surface area contributed by atoms with E-state index in [4.69, 9.17) is 0 Å². The third kappa shape index (κ3) is 5.03. The zero-order chi connectivity index (χ0) is 14.4. The molecular weight excluding hydrogens is 254 g/mol. The molecule has 1 aromatic rings. The number of carbonyl (C=O) groups excluding carboxylic acids is 2. The van der Waals surface area contributed by atoms with E-state index in [1.54, 1.807) is 13.8 Å². The second-order valence-electron chi connectivity index (χ2n) is 4.37. The number of nitrogens with one attached hydrogen (secondary N) is 2. The van der Waals surface area contributed by atoms with Crippen LogP contribution < -0.4 is 10.6 Å². The molecule has 6 heteroatoms. The molecule has 0 aliphatic heterocycles. The summed E-state index contributed by atoms with van der Waals surface area (Å²) in [6.45, 7) is 3.69. The molecular formula is C13H16F2N2O2. The van der Waals surface area contributed by atoms with Gasteiger partial charge in [-0.3, -0.25) is 9.59 Å². The van der Waals surface area contributed by atoms with Crippen LogP contribution in [0.3, 0.4) is 0 Å². The van der Waals surface area contributed by atoms with E-state index in [9.17, 15) is 18.4 Å². The monoisotopic (exact) mass is 270 g/mol. The van der Waals surface area contributed by atoms with Gasteiger partial charge in [-0.05, 0) is 12.1 Å². The molecule has 0 fully saturated rings. The lowest BCUT2D eigenvalue weighted by Crippen LogP contribution is -2.30. The molecule has 0 radical (unpaired) electrons. The van der Waals surface area contributed by atoms with Gasteiger partial charge in [0.15, 0.2) is 11.6 Å². The van der Waals surface area contributed by atoms with Gasteiger partial charge < -0.3 is 10.6 Å². The Morgan fingerprint density at radius 1 is 1.21 bits per heavy atom. The molecule has 0 atom stereocenters. The molecule has 1 aromatic carbocycles. The van der Waals surface area contributed by atoms with Gasteiger partial charge in [0.05, 0.1) is 0 Å². The first-order valence-electron chi connectivity index (χ1n) is 5.92. The summed E-state index contributed by atoms with van der Waals surface area (Å²) in [5, 5.41) is 5.00. The van der Waals surface area contributed by atoms with E-state index >= 15 is 0 Å². The summed E-state index contributed by atoms with van der Waals surface area (Å²) in [5.74, 6) is -2.65. The minimum Gasteiger partial charge on any atom is -0.355 e. The number of rotatable bonds is 5. The number of anilines is 1. The van der Waals surface area contributed by atoms with Gasteiger partial charge in [-0.2, -0.15) is 0 Å². The standard InChI is InChI=1S/C13H16F2N2O2/c1-8(2)13(19)16-6-5-12(18)17-9-3-4-10(14)11(15)7-9/h3-4,7-8H,5-6H2,1-2H3,(H,16,19)(H,17,18). The van der Waals surface area contributed by atoms with Gasteiger partial charge in [-0.25, -0.2) is 8.78 Å². The van der Waals surface area contributed by atoms with E-state index in [2.05, 4.69) is 10.6 Å². The van der Waals surface area contributed by atoms with Crippen molar-refractivity contribution in [3.63, 3.8) is 0 Å². The Kier molecular flexibility index (Phi) is 5.41. The van der Waals surface area contributed by atoms with Gasteiger partial charge in [0.1, 0.15) is 0 Å². The highest BCUT2D eigenvalue weighted by atomic mass is 19.2. The predicted molar refractivity (Wildman–Crippen MR) is 67.5 cm³/mol. The summed E-state index contributed by atoms with van der Waals surface area (Å²) in [7, 11) is 0. The third-order valence-electron chi connectivity index (χ3n) is 2.38. The van der Waals surface area contributed by atoms with E-state index in [1.807, 2.05) is 0 Å². The number of hydrogen-bond donors (Lipinski definition) is 2. The molecule has 0 unspecified atom stereocenters. The minimum atomic E-state index is -1.02. The van der Waals surface area contributed by atoms with Crippen LogP contribution in [0.5, 0.6) is 0 Å². The van der Waals surface area contributed by atoms with Crippen molar-refractivity contribution in [2.75, 3.05) is 11.9 Å². The number of hydrogen-bond acceptors (Lipinski definition) is 2. The van der Waals surface area contributed by atoms with Crippen molar-refractivity contribution >= 4 is 17.5 Å². The predicted octanol–water partition coefficient (Wildman–Crippen LogP) is 2.07. The van der Waals surface area contributed by atoms with Gasteiger partial charge >= 0.3 is 0 Å².